The van der Waals surface area contributed by atoms with Crippen LogP contribution in [-0.4, -0.2) is 37.1 Å². The lowest BCUT2D eigenvalue weighted by atomic mass is 9.98. The van der Waals surface area contributed by atoms with Gasteiger partial charge in [-0.2, -0.15) is 0 Å². The molecule has 2 amide bonds. The molecule has 204 valence electrons. The number of carbonyl (C=O) groups excluding carboxylic acids is 3. The molecule has 2 atom stereocenters. The van der Waals surface area contributed by atoms with Crippen molar-refractivity contribution < 1.29 is 19.1 Å². The average molecular weight is 528 g/mol. The number of hydrogen-bond donors (Lipinski definition) is 2. The van der Waals surface area contributed by atoms with E-state index in [0.717, 1.165) is 16.7 Å². The van der Waals surface area contributed by atoms with Gasteiger partial charge in [0.2, 0.25) is 11.8 Å². The maximum absolute atomic E-state index is 13.1. The molecule has 1 aliphatic rings. The van der Waals surface area contributed by atoms with Crippen LogP contribution in [0.3, 0.4) is 0 Å². The highest BCUT2D eigenvalue weighted by molar-refractivity contribution is 5.86. The van der Waals surface area contributed by atoms with E-state index in [-0.39, 0.29) is 37.2 Å². The highest BCUT2D eigenvalue weighted by atomic mass is 16.5. The van der Waals surface area contributed by atoms with Crippen molar-refractivity contribution in [1.82, 2.24) is 10.6 Å². The molecule has 0 bridgehead atoms. The summed E-state index contributed by atoms with van der Waals surface area (Å²) >= 11 is 0. The zero-order valence-electron chi connectivity index (χ0n) is 22.4. The fourth-order valence-electron chi connectivity index (χ4n) is 4.09. The molecule has 0 spiro atoms. The molecule has 1 heterocycles. The molecule has 3 rings (SSSR count). The van der Waals surface area contributed by atoms with Crippen LogP contribution in [0.15, 0.2) is 102 Å². The lowest BCUT2D eigenvalue weighted by Crippen LogP contribution is -2.38. The Hall–Kier alpha value is -4.26. The number of nitrogens with zero attached hydrogens (tertiary/aromatic N) is 1. The molecule has 0 fully saturated rings. The van der Waals surface area contributed by atoms with Crippen molar-refractivity contribution in [2.24, 2.45) is 10.9 Å². The van der Waals surface area contributed by atoms with Crippen LogP contribution in [0.2, 0.25) is 0 Å². The second kappa shape index (κ2) is 16.6. The van der Waals surface area contributed by atoms with Crippen LogP contribution >= 0.6 is 0 Å². The molecule has 0 aromatic heterocycles. The van der Waals surface area contributed by atoms with Crippen molar-refractivity contribution in [2.75, 3.05) is 13.1 Å². The lowest BCUT2D eigenvalue weighted by Gasteiger charge is -2.21. The van der Waals surface area contributed by atoms with E-state index in [2.05, 4.69) is 15.6 Å². The molecule has 0 unspecified atom stereocenters. The van der Waals surface area contributed by atoms with Gasteiger partial charge in [0.15, 0.2) is 0 Å². The summed E-state index contributed by atoms with van der Waals surface area (Å²) in [4.78, 5) is 42.6. The molecule has 0 aliphatic carbocycles. The Bertz CT molecular complexity index is 1190. The standard InChI is InChI=1S/C32H37N3O4/c1-2-12-25(19-20-33-22-26-13-6-3-7-14-26)23-34-30(36)21-28-17-10-5-11-18-31(37)39-29(24-35-32(28)38)27-15-8-4-9-16-27/h2-10,12-16,19-20,28-29H,11,17-18,21-24H2,1H3,(H,34,36)(H,35,38)/b10-5+,12-2-,25-19+,33-20?/t28-,29-/m0/s1. The Balaban J connectivity index is 1.58. The molecular formula is C32H37N3O4. The van der Waals surface area contributed by atoms with E-state index in [9.17, 15) is 14.4 Å². The number of allylic oxidation sites excluding steroid dienone is 4. The maximum Gasteiger partial charge on any atom is 0.306 e. The van der Waals surface area contributed by atoms with Crippen molar-refractivity contribution in [3.05, 3.63) is 108 Å². The van der Waals surface area contributed by atoms with Gasteiger partial charge in [-0.3, -0.25) is 19.4 Å². The molecule has 2 aromatic carbocycles. The van der Waals surface area contributed by atoms with E-state index < -0.39 is 12.0 Å². The molecule has 1 aliphatic heterocycles. The molecule has 2 N–H and O–H groups in total. The first kappa shape index (κ1) is 29.3. The number of carbonyl (C=O) groups is 3. The first-order chi connectivity index (χ1) is 19.0. The lowest BCUT2D eigenvalue weighted by molar-refractivity contribution is -0.150. The third-order valence-corrected chi connectivity index (χ3v) is 6.19. The molecular weight excluding hydrogens is 490 g/mol. The number of cyclic esters (lactones) is 1. The monoisotopic (exact) mass is 527 g/mol. The summed E-state index contributed by atoms with van der Waals surface area (Å²) in [5.41, 5.74) is 2.84. The first-order valence-electron chi connectivity index (χ1n) is 13.3. The summed E-state index contributed by atoms with van der Waals surface area (Å²) in [5.74, 6) is -1.30. The third kappa shape index (κ3) is 10.9. The van der Waals surface area contributed by atoms with Gasteiger partial charge in [0.25, 0.3) is 0 Å². The zero-order chi connectivity index (χ0) is 27.7. The SMILES string of the molecule is C/C=C\C(=C/C=NCc1ccccc1)CNC(=O)C[C@@H]1C/C=C/CCC(=O)O[C@H](c2ccccc2)CNC1=O. The summed E-state index contributed by atoms with van der Waals surface area (Å²) in [7, 11) is 0. The van der Waals surface area contributed by atoms with Crippen molar-refractivity contribution in [1.29, 1.82) is 0 Å². The van der Waals surface area contributed by atoms with E-state index in [1.165, 1.54) is 0 Å². The van der Waals surface area contributed by atoms with E-state index in [1.54, 1.807) is 6.21 Å². The average Bonchev–Trinajstić information content (AvgIpc) is 2.95. The quantitative estimate of drug-likeness (QED) is 0.207. The minimum absolute atomic E-state index is 0.0528. The van der Waals surface area contributed by atoms with Gasteiger partial charge < -0.3 is 15.4 Å². The van der Waals surface area contributed by atoms with Gasteiger partial charge in [0.05, 0.1) is 19.0 Å². The minimum atomic E-state index is -0.586. The molecule has 0 saturated carbocycles. The van der Waals surface area contributed by atoms with Crippen molar-refractivity contribution in [3.63, 3.8) is 0 Å². The number of aliphatic imine (C=N–C) groups is 1. The third-order valence-electron chi connectivity index (χ3n) is 6.19. The summed E-state index contributed by atoms with van der Waals surface area (Å²) in [5, 5.41) is 5.82. The second-order valence-corrected chi connectivity index (χ2v) is 9.27. The zero-order valence-corrected chi connectivity index (χ0v) is 22.4. The first-order valence-corrected chi connectivity index (χ1v) is 13.3. The van der Waals surface area contributed by atoms with Gasteiger partial charge in [-0.05, 0) is 42.5 Å². The Morgan fingerprint density at radius 3 is 2.56 bits per heavy atom. The number of esters is 1. The van der Waals surface area contributed by atoms with Crippen LogP contribution in [0.25, 0.3) is 0 Å². The number of rotatable bonds is 9. The smallest absolute Gasteiger partial charge is 0.306 e. The minimum Gasteiger partial charge on any atom is -0.456 e. The Morgan fingerprint density at radius 2 is 1.82 bits per heavy atom. The predicted molar refractivity (Wildman–Crippen MR) is 154 cm³/mol. The Morgan fingerprint density at radius 1 is 1.08 bits per heavy atom. The van der Waals surface area contributed by atoms with Gasteiger partial charge in [0.1, 0.15) is 6.10 Å². The fraction of sp³-hybridized carbons (Fsp3) is 0.312. The van der Waals surface area contributed by atoms with Gasteiger partial charge >= 0.3 is 5.97 Å². The number of benzene rings is 2. The highest BCUT2D eigenvalue weighted by Gasteiger charge is 2.24. The van der Waals surface area contributed by atoms with Crippen LogP contribution in [-0.2, 0) is 25.7 Å². The van der Waals surface area contributed by atoms with E-state index in [4.69, 9.17) is 4.74 Å². The van der Waals surface area contributed by atoms with Crippen molar-refractivity contribution in [2.45, 2.75) is 45.3 Å². The van der Waals surface area contributed by atoms with Gasteiger partial charge in [-0.1, -0.05) is 85.0 Å². The van der Waals surface area contributed by atoms with Crippen molar-refractivity contribution >= 4 is 24.0 Å². The number of nitrogens with one attached hydrogen (secondary N) is 2. The van der Waals surface area contributed by atoms with Crippen molar-refractivity contribution in [3.8, 4) is 0 Å². The van der Waals surface area contributed by atoms with Gasteiger partial charge in [-0.25, -0.2) is 0 Å². The van der Waals surface area contributed by atoms with E-state index >= 15 is 0 Å². The number of ether oxygens (including phenoxy) is 1. The predicted octanol–water partition coefficient (Wildman–Crippen LogP) is 5.02. The molecule has 0 radical (unpaired) electrons. The molecule has 7 nitrogen and oxygen atoms in total. The maximum atomic E-state index is 13.1. The molecule has 2 aromatic rings. The normalized spacial score (nSPS) is 20.1. The van der Waals surface area contributed by atoms with Crippen LogP contribution in [0, 0.1) is 5.92 Å². The van der Waals surface area contributed by atoms with Gasteiger partial charge in [0, 0.05) is 25.6 Å². The summed E-state index contributed by atoms with van der Waals surface area (Å²) in [6.07, 6.45) is 11.8. The largest absolute Gasteiger partial charge is 0.456 e. The topological polar surface area (TPSA) is 96.9 Å². The van der Waals surface area contributed by atoms with Crippen LogP contribution in [0.1, 0.15) is 49.8 Å². The Labute approximate surface area is 230 Å². The number of hydrogen-bond acceptors (Lipinski definition) is 5. The second-order valence-electron chi connectivity index (χ2n) is 9.27. The molecule has 7 heteroatoms. The fourth-order valence-corrected chi connectivity index (χ4v) is 4.09. The molecule has 39 heavy (non-hydrogen) atoms. The van der Waals surface area contributed by atoms with E-state index in [0.29, 0.717) is 25.9 Å². The summed E-state index contributed by atoms with van der Waals surface area (Å²) < 4.78 is 5.64. The summed E-state index contributed by atoms with van der Waals surface area (Å²) in [6.45, 7) is 2.98. The van der Waals surface area contributed by atoms with Gasteiger partial charge in [-0.15, -0.1) is 0 Å². The highest BCUT2D eigenvalue weighted by Crippen LogP contribution is 2.19. The van der Waals surface area contributed by atoms with Crippen LogP contribution in [0.5, 0.6) is 0 Å². The molecule has 0 saturated heterocycles. The van der Waals surface area contributed by atoms with Crippen LogP contribution in [0.4, 0.5) is 0 Å². The summed E-state index contributed by atoms with van der Waals surface area (Å²) in [6, 6.07) is 19.3. The van der Waals surface area contributed by atoms with E-state index in [1.807, 2.05) is 98.0 Å². The Kier molecular flexibility index (Phi) is 12.4. The van der Waals surface area contributed by atoms with Crippen LogP contribution < -0.4 is 10.6 Å². The number of amides is 2.